The van der Waals surface area contributed by atoms with Crippen LogP contribution in [0.1, 0.15) is 25.7 Å². The molecule has 0 amide bonds. The van der Waals surface area contributed by atoms with Crippen LogP contribution < -0.4 is 0 Å². The summed E-state index contributed by atoms with van der Waals surface area (Å²) in [6, 6.07) is 0. The standard InChI is InChI=1S/C8H14N2O2/c1-3-11-8(12-4-2)7-5-9-10-6-7/h5-6,8H,3-4H2,1-2H3,(H,9,10). The van der Waals surface area contributed by atoms with Crippen LogP contribution in [0, 0.1) is 0 Å². The van der Waals surface area contributed by atoms with Gasteiger partial charge in [0.25, 0.3) is 0 Å². The number of nitrogens with one attached hydrogen (secondary N) is 1. The van der Waals surface area contributed by atoms with Crippen molar-refractivity contribution in [3.8, 4) is 0 Å². The smallest absolute Gasteiger partial charge is 0.186 e. The first-order valence-corrected chi connectivity index (χ1v) is 4.10. The zero-order chi connectivity index (χ0) is 8.81. The SMILES string of the molecule is CCOC(OCC)c1cn[nH]c1. The molecule has 4 heteroatoms. The van der Waals surface area contributed by atoms with Crippen molar-refractivity contribution in [3.05, 3.63) is 18.0 Å². The van der Waals surface area contributed by atoms with Crippen LogP contribution in [0.3, 0.4) is 0 Å². The Hall–Kier alpha value is -0.870. The van der Waals surface area contributed by atoms with Crippen molar-refractivity contribution in [3.63, 3.8) is 0 Å². The molecule has 0 fully saturated rings. The average molecular weight is 170 g/mol. The van der Waals surface area contributed by atoms with E-state index in [0.717, 1.165) is 5.56 Å². The van der Waals surface area contributed by atoms with Crippen LogP contribution in [0.2, 0.25) is 0 Å². The molecule has 1 aromatic rings. The number of ether oxygens (including phenoxy) is 2. The molecule has 0 aromatic carbocycles. The van der Waals surface area contributed by atoms with E-state index in [9.17, 15) is 0 Å². The molecule has 1 heterocycles. The second-order valence-electron chi connectivity index (χ2n) is 2.27. The first-order valence-electron chi connectivity index (χ1n) is 4.10. The molecule has 12 heavy (non-hydrogen) atoms. The fourth-order valence-electron chi connectivity index (χ4n) is 0.933. The molecule has 1 rings (SSSR count). The molecule has 0 aliphatic carbocycles. The summed E-state index contributed by atoms with van der Waals surface area (Å²) >= 11 is 0. The van der Waals surface area contributed by atoms with E-state index in [-0.39, 0.29) is 6.29 Å². The van der Waals surface area contributed by atoms with Crippen LogP contribution in [0.4, 0.5) is 0 Å². The van der Waals surface area contributed by atoms with Gasteiger partial charge in [0.2, 0.25) is 0 Å². The lowest BCUT2D eigenvalue weighted by atomic mass is 10.3. The van der Waals surface area contributed by atoms with E-state index in [1.165, 1.54) is 0 Å². The molecular formula is C8H14N2O2. The molecule has 0 saturated carbocycles. The number of hydrogen-bond donors (Lipinski definition) is 1. The highest BCUT2D eigenvalue weighted by atomic mass is 16.7. The average Bonchev–Trinajstić information content (AvgIpc) is 2.56. The summed E-state index contributed by atoms with van der Waals surface area (Å²) < 4.78 is 10.7. The van der Waals surface area contributed by atoms with Gasteiger partial charge >= 0.3 is 0 Å². The third-order valence-corrected chi connectivity index (χ3v) is 1.43. The van der Waals surface area contributed by atoms with Gasteiger partial charge in [0.1, 0.15) is 0 Å². The first-order chi connectivity index (χ1) is 5.88. The van der Waals surface area contributed by atoms with E-state index in [0.29, 0.717) is 13.2 Å². The minimum atomic E-state index is -0.279. The predicted octanol–water partition coefficient (Wildman–Crippen LogP) is 1.48. The molecule has 0 unspecified atom stereocenters. The van der Waals surface area contributed by atoms with Crippen LogP contribution >= 0.6 is 0 Å². The van der Waals surface area contributed by atoms with Crippen molar-refractivity contribution >= 4 is 0 Å². The Kier molecular flexibility index (Phi) is 3.76. The monoisotopic (exact) mass is 170 g/mol. The molecule has 0 bridgehead atoms. The Labute approximate surface area is 71.9 Å². The topological polar surface area (TPSA) is 47.1 Å². The van der Waals surface area contributed by atoms with Gasteiger partial charge in [0.05, 0.1) is 6.20 Å². The summed E-state index contributed by atoms with van der Waals surface area (Å²) in [5.74, 6) is 0. The largest absolute Gasteiger partial charge is 0.349 e. The van der Waals surface area contributed by atoms with Crippen LogP contribution in [0.15, 0.2) is 12.4 Å². The summed E-state index contributed by atoms with van der Waals surface area (Å²) in [5.41, 5.74) is 0.929. The van der Waals surface area contributed by atoms with E-state index in [1.54, 1.807) is 12.4 Å². The van der Waals surface area contributed by atoms with E-state index in [4.69, 9.17) is 9.47 Å². The molecular weight excluding hydrogens is 156 g/mol. The third-order valence-electron chi connectivity index (χ3n) is 1.43. The van der Waals surface area contributed by atoms with Crippen molar-refractivity contribution in [2.24, 2.45) is 0 Å². The number of aromatic nitrogens is 2. The zero-order valence-electron chi connectivity index (χ0n) is 7.41. The summed E-state index contributed by atoms with van der Waals surface area (Å²) in [4.78, 5) is 0. The van der Waals surface area contributed by atoms with Crippen molar-refractivity contribution in [1.29, 1.82) is 0 Å². The minimum Gasteiger partial charge on any atom is -0.349 e. The normalized spacial score (nSPS) is 10.9. The lowest BCUT2D eigenvalue weighted by Gasteiger charge is -2.14. The Morgan fingerprint density at radius 2 is 2.08 bits per heavy atom. The van der Waals surface area contributed by atoms with Gasteiger partial charge in [-0.15, -0.1) is 0 Å². The second kappa shape index (κ2) is 4.90. The number of rotatable bonds is 5. The number of nitrogens with zero attached hydrogens (tertiary/aromatic N) is 1. The van der Waals surface area contributed by atoms with Crippen molar-refractivity contribution in [2.75, 3.05) is 13.2 Å². The summed E-state index contributed by atoms with van der Waals surface area (Å²) in [5, 5.41) is 6.54. The fourth-order valence-corrected chi connectivity index (χ4v) is 0.933. The molecule has 1 N–H and O–H groups in total. The van der Waals surface area contributed by atoms with Gasteiger partial charge in [0, 0.05) is 25.0 Å². The summed E-state index contributed by atoms with van der Waals surface area (Å²) in [7, 11) is 0. The van der Waals surface area contributed by atoms with Crippen molar-refractivity contribution < 1.29 is 9.47 Å². The maximum Gasteiger partial charge on any atom is 0.186 e. The molecule has 4 nitrogen and oxygen atoms in total. The molecule has 0 aliphatic rings. The molecule has 0 saturated heterocycles. The molecule has 1 aromatic heterocycles. The van der Waals surface area contributed by atoms with Gasteiger partial charge in [-0.2, -0.15) is 5.10 Å². The Morgan fingerprint density at radius 3 is 2.50 bits per heavy atom. The minimum absolute atomic E-state index is 0.279. The lowest BCUT2D eigenvalue weighted by molar-refractivity contribution is -0.140. The summed E-state index contributed by atoms with van der Waals surface area (Å²) in [6.45, 7) is 5.14. The van der Waals surface area contributed by atoms with Gasteiger partial charge in [-0.05, 0) is 13.8 Å². The molecule has 0 aliphatic heterocycles. The Balaban J connectivity index is 2.53. The zero-order valence-corrected chi connectivity index (χ0v) is 7.41. The van der Waals surface area contributed by atoms with Crippen LogP contribution in [0.5, 0.6) is 0 Å². The van der Waals surface area contributed by atoms with Gasteiger partial charge < -0.3 is 9.47 Å². The van der Waals surface area contributed by atoms with Gasteiger partial charge in [-0.1, -0.05) is 0 Å². The van der Waals surface area contributed by atoms with Crippen molar-refractivity contribution in [2.45, 2.75) is 20.1 Å². The highest BCUT2D eigenvalue weighted by Crippen LogP contribution is 2.16. The third kappa shape index (κ3) is 2.32. The fraction of sp³-hybridized carbons (Fsp3) is 0.625. The first kappa shape index (κ1) is 9.22. The van der Waals surface area contributed by atoms with Crippen LogP contribution in [-0.2, 0) is 9.47 Å². The van der Waals surface area contributed by atoms with E-state index in [2.05, 4.69) is 10.2 Å². The van der Waals surface area contributed by atoms with E-state index < -0.39 is 0 Å². The highest BCUT2D eigenvalue weighted by Gasteiger charge is 2.11. The second-order valence-corrected chi connectivity index (χ2v) is 2.27. The quantitative estimate of drug-likeness (QED) is 0.681. The summed E-state index contributed by atoms with van der Waals surface area (Å²) in [6.07, 6.45) is 3.20. The lowest BCUT2D eigenvalue weighted by Crippen LogP contribution is -2.07. The maximum absolute atomic E-state index is 5.34. The van der Waals surface area contributed by atoms with E-state index >= 15 is 0 Å². The number of hydrogen-bond acceptors (Lipinski definition) is 3. The van der Waals surface area contributed by atoms with Crippen LogP contribution in [0.25, 0.3) is 0 Å². The Morgan fingerprint density at radius 1 is 1.42 bits per heavy atom. The molecule has 0 spiro atoms. The number of H-pyrrole nitrogens is 1. The van der Waals surface area contributed by atoms with Gasteiger partial charge in [-0.25, -0.2) is 0 Å². The van der Waals surface area contributed by atoms with Crippen LogP contribution in [-0.4, -0.2) is 23.4 Å². The molecule has 0 atom stereocenters. The maximum atomic E-state index is 5.34. The molecule has 0 radical (unpaired) electrons. The van der Waals surface area contributed by atoms with Gasteiger partial charge in [-0.3, -0.25) is 5.10 Å². The highest BCUT2D eigenvalue weighted by molar-refractivity contribution is 5.04. The molecule has 68 valence electrons. The Bertz CT molecular complexity index is 193. The number of aromatic amines is 1. The van der Waals surface area contributed by atoms with Gasteiger partial charge in [0.15, 0.2) is 6.29 Å². The van der Waals surface area contributed by atoms with Crippen molar-refractivity contribution in [1.82, 2.24) is 10.2 Å². The van der Waals surface area contributed by atoms with E-state index in [1.807, 2.05) is 13.8 Å². The predicted molar refractivity (Wildman–Crippen MR) is 44.6 cm³/mol.